The van der Waals surface area contributed by atoms with E-state index < -0.39 is 5.82 Å². The number of ether oxygens (including phenoxy) is 1. The summed E-state index contributed by atoms with van der Waals surface area (Å²) < 4.78 is 22.2. The van der Waals surface area contributed by atoms with Gasteiger partial charge in [-0.3, -0.25) is 0 Å². The molecule has 3 heterocycles. The molecule has 0 spiro atoms. The standard InChI is InChI=1S/C22H30FN5O2/c1-15(2)30-17-9-10-19(18(23)13-17)24-22(29)27-11-6-7-16(14-27)21-26-25-20-8-4-3-5-12-28(20)21/h9-10,13,15-16H,3-8,11-12,14H2,1-2H3,(H,24,29). The molecule has 2 aliphatic heterocycles. The van der Waals surface area contributed by atoms with Crippen LogP contribution in [0.2, 0.25) is 0 Å². The molecule has 1 atom stereocenters. The van der Waals surface area contributed by atoms with E-state index >= 15 is 0 Å². The van der Waals surface area contributed by atoms with Gasteiger partial charge in [-0.1, -0.05) is 6.42 Å². The first-order valence-electron chi connectivity index (χ1n) is 11.0. The number of anilines is 1. The van der Waals surface area contributed by atoms with Crippen molar-refractivity contribution in [1.82, 2.24) is 19.7 Å². The lowest BCUT2D eigenvalue weighted by Gasteiger charge is -2.32. The quantitative estimate of drug-likeness (QED) is 0.806. The molecule has 1 N–H and O–H groups in total. The van der Waals surface area contributed by atoms with Crippen LogP contribution in [0.15, 0.2) is 18.2 Å². The average Bonchev–Trinajstić information content (AvgIpc) is 2.98. The Bertz CT molecular complexity index is 898. The van der Waals surface area contributed by atoms with Crippen molar-refractivity contribution in [3.63, 3.8) is 0 Å². The van der Waals surface area contributed by atoms with Gasteiger partial charge in [-0.05, 0) is 51.7 Å². The summed E-state index contributed by atoms with van der Waals surface area (Å²) in [6.07, 6.45) is 6.33. The Hall–Kier alpha value is -2.64. The molecule has 162 valence electrons. The Morgan fingerprint density at radius 3 is 2.87 bits per heavy atom. The summed E-state index contributed by atoms with van der Waals surface area (Å²) in [6, 6.07) is 4.24. The van der Waals surface area contributed by atoms with Crippen molar-refractivity contribution in [2.45, 2.75) is 70.9 Å². The summed E-state index contributed by atoms with van der Waals surface area (Å²) >= 11 is 0. The van der Waals surface area contributed by atoms with Crippen LogP contribution in [0.25, 0.3) is 0 Å². The second kappa shape index (κ2) is 9.02. The molecular weight excluding hydrogens is 385 g/mol. The minimum atomic E-state index is -0.502. The van der Waals surface area contributed by atoms with E-state index in [0.29, 0.717) is 18.8 Å². The zero-order valence-electron chi connectivity index (χ0n) is 17.7. The molecule has 0 aliphatic carbocycles. The van der Waals surface area contributed by atoms with E-state index in [1.165, 1.54) is 12.5 Å². The predicted octanol–water partition coefficient (Wildman–Crippen LogP) is 4.34. The number of aromatic nitrogens is 3. The lowest BCUT2D eigenvalue weighted by atomic mass is 9.97. The number of urea groups is 1. The summed E-state index contributed by atoms with van der Waals surface area (Å²) in [5, 5.41) is 11.6. The number of rotatable bonds is 4. The number of aryl methyl sites for hydroxylation is 1. The Balaban J connectivity index is 1.42. The summed E-state index contributed by atoms with van der Waals surface area (Å²) in [5.41, 5.74) is 0.162. The molecule has 0 radical (unpaired) electrons. The highest BCUT2D eigenvalue weighted by Gasteiger charge is 2.29. The number of benzene rings is 1. The van der Waals surface area contributed by atoms with Crippen molar-refractivity contribution in [3.8, 4) is 5.75 Å². The molecule has 30 heavy (non-hydrogen) atoms. The summed E-state index contributed by atoms with van der Waals surface area (Å²) in [5.74, 6) is 2.17. The second-order valence-corrected chi connectivity index (χ2v) is 8.46. The maximum atomic E-state index is 14.4. The number of nitrogens with one attached hydrogen (secondary N) is 1. The van der Waals surface area contributed by atoms with Crippen molar-refractivity contribution in [3.05, 3.63) is 35.7 Å². The van der Waals surface area contributed by atoms with E-state index in [1.54, 1.807) is 17.0 Å². The normalized spacial score (nSPS) is 19.3. The zero-order chi connectivity index (χ0) is 21.1. The Kier molecular flexibility index (Phi) is 6.20. The molecule has 2 aliphatic rings. The van der Waals surface area contributed by atoms with Gasteiger partial charge in [0.2, 0.25) is 0 Å². The molecule has 2 amide bonds. The molecule has 1 saturated heterocycles. The number of hydrogen-bond acceptors (Lipinski definition) is 4. The van der Waals surface area contributed by atoms with Crippen LogP contribution in [-0.2, 0) is 13.0 Å². The van der Waals surface area contributed by atoms with Crippen molar-refractivity contribution in [2.24, 2.45) is 0 Å². The first kappa shape index (κ1) is 20.6. The highest BCUT2D eigenvalue weighted by Crippen LogP contribution is 2.29. The van der Waals surface area contributed by atoms with Gasteiger partial charge >= 0.3 is 6.03 Å². The van der Waals surface area contributed by atoms with Crippen LogP contribution in [0, 0.1) is 5.82 Å². The highest BCUT2D eigenvalue weighted by atomic mass is 19.1. The number of fused-ring (bicyclic) bond motifs is 1. The predicted molar refractivity (Wildman–Crippen MR) is 112 cm³/mol. The number of halogens is 1. The third-order valence-corrected chi connectivity index (χ3v) is 5.77. The number of nitrogens with zero attached hydrogens (tertiary/aromatic N) is 4. The zero-order valence-corrected chi connectivity index (χ0v) is 17.7. The first-order chi connectivity index (χ1) is 14.5. The maximum absolute atomic E-state index is 14.4. The van der Waals surface area contributed by atoms with Crippen LogP contribution >= 0.6 is 0 Å². The Morgan fingerprint density at radius 1 is 1.20 bits per heavy atom. The van der Waals surface area contributed by atoms with Gasteiger partial charge in [0.05, 0.1) is 11.8 Å². The molecule has 0 saturated carbocycles. The highest BCUT2D eigenvalue weighted by molar-refractivity contribution is 5.89. The second-order valence-electron chi connectivity index (χ2n) is 8.46. The fraction of sp³-hybridized carbons (Fsp3) is 0.591. The van der Waals surface area contributed by atoms with Crippen LogP contribution in [0.5, 0.6) is 5.75 Å². The summed E-state index contributed by atoms with van der Waals surface area (Å²) in [4.78, 5) is 14.6. The van der Waals surface area contributed by atoms with Crippen LogP contribution in [0.1, 0.15) is 63.5 Å². The minimum Gasteiger partial charge on any atom is -0.491 e. The molecular formula is C22H30FN5O2. The van der Waals surface area contributed by atoms with Crippen LogP contribution in [-0.4, -0.2) is 44.9 Å². The summed E-state index contributed by atoms with van der Waals surface area (Å²) in [6.45, 7) is 5.94. The molecule has 1 fully saturated rings. The third-order valence-electron chi connectivity index (χ3n) is 5.77. The smallest absolute Gasteiger partial charge is 0.321 e. The van der Waals surface area contributed by atoms with Crippen LogP contribution in [0.3, 0.4) is 0 Å². The molecule has 4 rings (SSSR count). The Morgan fingerprint density at radius 2 is 2.07 bits per heavy atom. The number of carbonyl (C=O) groups excluding carboxylic acids is 1. The first-order valence-corrected chi connectivity index (χ1v) is 11.0. The van der Waals surface area contributed by atoms with E-state index in [1.807, 2.05) is 13.8 Å². The van der Waals surface area contributed by atoms with E-state index in [-0.39, 0.29) is 23.7 Å². The fourth-order valence-electron chi connectivity index (χ4n) is 4.32. The summed E-state index contributed by atoms with van der Waals surface area (Å²) in [7, 11) is 0. The third kappa shape index (κ3) is 4.57. The largest absolute Gasteiger partial charge is 0.491 e. The van der Waals surface area contributed by atoms with Gasteiger partial charge in [-0.25, -0.2) is 9.18 Å². The van der Waals surface area contributed by atoms with Crippen molar-refractivity contribution in [2.75, 3.05) is 18.4 Å². The number of amides is 2. The molecule has 0 bridgehead atoms. The molecule has 2 aromatic rings. The van der Waals surface area contributed by atoms with E-state index in [9.17, 15) is 9.18 Å². The molecule has 8 heteroatoms. The van der Waals surface area contributed by atoms with Crippen molar-refractivity contribution >= 4 is 11.7 Å². The van der Waals surface area contributed by atoms with Crippen LogP contribution < -0.4 is 10.1 Å². The lowest BCUT2D eigenvalue weighted by Crippen LogP contribution is -2.42. The van der Waals surface area contributed by atoms with Gasteiger partial charge < -0.3 is 19.5 Å². The van der Waals surface area contributed by atoms with Crippen molar-refractivity contribution < 1.29 is 13.9 Å². The van der Waals surface area contributed by atoms with Crippen molar-refractivity contribution in [1.29, 1.82) is 0 Å². The molecule has 1 aromatic carbocycles. The number of carbonyl (C=O) groups is 1. The maximum Gasteiger partial charge on any atom is 0.321 e. The number of hydrogen-bond donors (Lipinski definition) is 1. The topological polar surface area (TPSA) is 72.3 Å². The van der Waals surface area contributed by atoms with E-state index in [2.05, 4.69) is 20.1 Å². The van der Waals surface area contributed by atoms with Gasteiger partial charge in [0.1, 0.15) is 23.2 Å². The molecule has 7 nitrogen and oxygen atoms in total. The van der Waals surface area contributed by atoms with Crippen LogP contribution in [0.4, 0.5) is 14.9 Å². The van der Waals surface area contributed by atoms with E-state index in [0.717, 1.165) is 50.3 Å². The SMILES string of the molecule is CC(C)Oc1ccc(NC(=O)N2CCCC(c3nnc4n3CCCCC4)C2)c(F)c1. The monoisotopic (exact) mass is 415 g/mol. The fourth-order valence-corrected chi connectivity index (χ4v) is 4.32. The molecule has 1 aromatic heterocycles. The molecule has 1 unspecified atom stereocenters. The lowest BCUT2D eigenvalue weighted by molar-refractivity contribution is 0.190. The van der Waals surface area contributed by atoms with Gasteiger partial charge in [0.25, 0.3) is 0 Å². The van der Waals surface area contributed by atoms with Gasteiger partial charge in [-0.2, -0.15) is 0 Å². The average molecular weight is 416 g/mol. The van der Waals surface area contributed by atoms with Gasteiger partial charge in [0.15, 0.2) is 0 Å². The minimum absolute atomic E-state index is 0.0395. The van der Waals surface area contributed by atoms with E-state index in [4.69, 9.17) is 4.74 Å². The number of piperidine rings is 1. The number of likely N-dealkylation sites (tertiary alicyclic amines) is 1. The van der Waals surface area contributed by atoms with Gasteiger partial charge in [0, 0.05) is 38.0 Å². The Labute approximate surface area is 176 Å². The van der Waals surface area contributed by atoms with Gasteiger partial charge in [-0.15, -0.1) is 10.2 Å².